The predicted molar refractivity (Wildman–Crippen MR) is 53.1 cm³/mol. The molecule has 4 nitrogen and oxygen atoms in total. The first kappa shape index (κ1) is 10.8. The average Bonchev–Trinajstić information content (AvgIpc) is 2.46. The van der Waals surface area contributed by atoms with Crippen molar-refractivity contribution in [2.75, 3.05) is 6.61 Å². The van der Waals surface area contributed by atoms with Gasteiger partial charge in [-0.15, -0.1) is 0 Å². The summed E-state index contributed by atoms with van der Waals surface area (Å²) < 4.78 is 4.96. The van der Waals surface area contributed by atoms with Crippen LogP contribution >= 0.6 is 0 Å². The van der Waals surface area contributed by atoms with Crippen LogP contribution in [-0.2, 0) is 9.53 Å². The summed E-state index contributed by atoms with van der Waals surface area (Å²) in [6, 6.07) is 0. The maximum absolute atomic E-state index is 11.5. The molecular formula is C10H16N2O2. The monoisotopic (exact) mass is 196 g/mol. The van der Waals surface area contributed by atoms with Crippen molar-refractivity contribution in [3.63, 3.8) is 0 Å². The van der Waals surface area contributed by atoms with E-state index in [9.17, 15) is 4.79 Å². The van der Waals surface area contributed by atoms with Crippen LogP contribution in [-0.4, -0.2) is 22.8 Å². The van der Waals surface area contributed by atoms with E-state index < -0.39 is 0 Å². The number of aromatic amines is 1. The molecule has 0 fully saturated rings. The van der Waals surface area contributed by atoms with Gasteiger partial charge in [0.1, 0.15) is 0 Å². The Labute approximate surface area is 83.7 Å². The van der Waals surface area contributed by atoms with Gasteiger partial charge in [0.15, 0.2) is 0 Å². The first-order valence-electron chi connectivity index (χ1n) is 4.76. The van der Waals surface area contributed by atoms with E-state index in [1.165, 1.54) is 0 Å². The van der Waals surface area contributed by atoms with E-state index in [2.05, 4.69) is 10.2 Å². The van der Waals surface area contributed by atoms with Crippen molar-refractivity contribution < 1.29 is 9.53 Å². The van der Waals surface area contributed by atoms with Gasteiger partial charge in [-0.3, -0.25) is 9.89 Å². The van der Waals surface area contributed by atoms with Crippen molar-refractivity contribution in [2.45, 2.75) is 33.6 Å². The fourth-order valence-corrected chi connectivity index (χ4v) is 1.58. The third-order valence-electron chi connectivity index (χ3n) is 2.26. The van der Waals surface area contributed by atoms with Crippen LogP contribution < -0.4 is 0 Å². The Morgan fingerprint density at radius 3 is 2.64 bits per heavy atom. The van der Waals surface area contributed by atoms with Crippen LogP contribution in [0.5, 0.6) is 0 Å². The average molecular weight is 196 g/mol. The van der Waals surface area contributed by atoms with Crippen molar-refractivity contribution >= 4 is 5.97 Å². The van der Waals surface area contributed by atoms with Gasteiger partial charge in [-0.25, -0.2) is 0 Å². The summed E-state index contributed by atoms with van der Waals surface area (Å²) in [6.45, 7) is 7.85. The number of aryl methyl sites for hydroxylation is 2. The molecule has 0 saturated carbocycles. The minimum Gasteiger partial charge on any atom is -0.466 e. The summed E-state index contributed by atoms with van der Waals surface area (Å²) >= 11 is 0. The second kappa shape index (κ2) is 4.26. The molecule has 0 aliphatic carbocycles. The van der Waals surface area contributed by atoms with Crippen molar-refractivity contribution in [1.82, 2.24) is 10.2 Å². The Bertz CT molecular complexity index is 311. The van der Waals surface area contributed by atoms with Crippen LogP contribution in [0.4, 0.5) is 0 Å². The van der Waals surface area contributed by atoms with Crippen LogP contribution in [0.3, 0.4) is 0 Å². The Morgan fingerprint density at radius 2 is 2.21 bits per heavy atom. The first-order valence-corrected chi connectivity index (χ1v) is 4.76. The van der Waals surface area contributed by atoms with E-state index in [-0.39, 0.29) is 11.9 Å². The number of nitrogens with zero attached hydrogens (tertiary/aromatic N) is 1. The van der Waals surface area contributed by atoms with Crippen molar-refractivity contribution in [1.29, 1.82) is 0 Å². The molecule has 0 aliphatic rings. The van der Waals surface area contributed by atoms with Gasteiger partial charge in [0.2, 0.25) is 0 Å². The minimum absolute atomic E-state index is 0.194. The fourth-order valence-electron chi connectivity index (χ4n) is 1.58. The molecule has 0 aliphatic heterocycles. The lowest BCUT2D eigenvalue weighted by atomic mass is 9.99. The molecule has 0 radical (unpaired) electrons. The Hall–Kier alpha value is -1.32. The molecule has 0 aromatic carbocycles. The maximum atomic E-state index is 11.5. The zero-order valence-electron chi connectivity index (χ0n) is 9.05. The number of hydrogen-bond acceptors (Lipinski definition) is 3. The Kier molecular flexibility index (Phi) is 3.28. The summed E-state index contributed by atoms with van der Waals surface area (Å²) in [6.07, 6.45) is 0. The lowest BCUT2D eigenvalue weighted by molar-refractivity contribution is -0.144. The SMILES string of the molecule is CCOC(=O)[C@@H](C)c1c(C)n[nH]c1C. The number of rotatable bonds is 3. The van der Waals surface area contributed by atoms with Gasteiger partial charge in [-0.2, -0.15) is 5.10 Å². The highest BCUT2D eigenvalue weighted by Crippen LogP contribution is 2.22. The first-order chi connectivity index (χ1) is 6.57. The zero-order chi connectivity index (χ0) is 10.7. The number of esters is 1. The molecule has 0 amide bonds. The number of ether oxygens (including phenoxy) is 1. The van der Waals surface area contributed by atoms with Crippen LogP contribution in [0.15, 0.2) is 0 Å². The molecule has 4 heteroatoms. The number of nitrogens with one attached hydrogen (secondary N) is 1. The van der Waals surface area contributed by atoms with E-state index in [4.69, 9.17) is 4.74 Å². The third-order valence-corrected chi connectivity index (χ3v) is 2.26. The van der Waals surface area contributed by atoms with E-state index in [0.29, 0.717) is 6.61 Å². The maximum Gasteiger partial charge on any atom is 0.313 e. The number of hydrogen-bond donors (Lipinski definition) is 1. The highest BCUT2D eigenvalue weighted by molar-refractivity contribution is 5.78. The van der Waals surface area contributed by atoms with E-state index >= 15 is 0 Å². The Balaban J connectivity index is 2.88. The molecule has 1 aromatic rings. The minimum atomic E-state index is -0.242. The smallest absolute Gasteiger partial charge is 0.313 e. The molecular weight excluding hydrogens is 180 g/mol. The van der Waals surface area contributed by atoms with Crippen LogP contribution in [0.1, 0.15) is 36.7 Å². The quantitative estimate of drug-likeness (QED) is 0.748. The molecule has 0 spiro atoms. The molecule has 78 valence electrons. The number of H-pyrrole nitrogens is 1. The van der Waals surface area contributed by atoms with Crippen molar-refractivity contribution in [3.05, 3.63) is 17.0 Å². The second-order valence-corrected chi connectivity index (χ2v) is 3.32. The van der Waals surface area contributed by atoms with Gasteiger partial charge >= 0.3 is 5.97 Å². The summed E-state index contributed by atoms with van der Waals surface area (Å²) in [5, 5.41) is 6.90. The molecule has 1 heterocycles. The van der Waals surface area contributed by atoms with Gasteiger partial charge in [0.25, 0.3) is 0 Å². The van der Waals surface area contributed by atoms with Gasteiger partial charge in [0, 0.05) is 11.3 Å². The van der Waals surface area contributed by atoms with Crippen molar-refractivity contribution in [2.24, 2.45) is 0 Å². The summed E-state index contributed by atoms with van der Waals surface area (Å²) in [4.78, 5) is 11.5. The molecule has 1 atom stereocenters. The van der Waals surface area contributed by atoms with Gasteiger partial charge in [-0.1, -0.05) is 0 Å². The predicted octanol–water partition coefficient (Wildman–Crippen LogP) is 1.69. The molecule has 0 bridgehead atoms. The summed E-state index contributed by atoms with van der Waals surface area (Å²) in [5.74, 6) is -0.436. The van der Waals surface area contributed by atoms with Gasteiger partial charge in [0.05, 0.1) is 18.2 Å². The second-order valence-electron chi connectivity index (χ2n) is 3.32. The van der Waals surface area contributed by atoms with Crippen LogP contribution in [0, 0.1) is 13.8 Å². The topological polar surface area (TPSA) is 55.0 Å². The summed E-state index contributed by atoms with van der Waals surface area (Å²) in [7, 11) is 0. The van der Waals surface area contributed by atoms with E-state index in [1.54, 1.807) is 6.92 Å². The van der Waals surface area contributed by atoms with Crippen LogP contribution in [0.2, 0.25) is 0 Å². The summed E-state index contributed by atoms with van der Waals surface area (Å²) in [5.41, 5.74) is 2.74. The number of carbonyl (C=O) groups excluding carboxylic acids is 1. The zero-order valence-corrected chi connectivity index (χ0v) is 9.05. The standard InChI is InChI=1S/C10H16N2O2/c1-5-14-10(13)6(2)9-7(3)11-12-8(9)4/h6H,5H2,1-4H3,(H,11,12)/t6-/m0/s1. The Morgan fingerprint density at radius 1 is 1.57 bits per heavy atom. The van der Waals surface area contributed by atoms with Gasteiger partial charge < -0.3 is 4.74 Å². The molecule has 1 N–H and O–H groups in total. The third kappa shape index (κ3) is 1.95. The van der Waals surface area contributed by atoms with Crippen LogP contribution in [0.25, 0.3) is 0 Å². The molecule has 0 saturated heterocycles. The molecule has 14 heavy (non-hydrogen) atoms. The molecule has 0 unspecified atom stereocenters. The number of aromatic nitrogens is 2. The van der Waals surface area contributed by atoms with Crippen molar-refractivity contribution in [3.8, 4) is 0 Å². The highest BCUT2D eigenvalue weighted by atomic mass is 16.5. The lowest BCUT2D eigenvalue weighted by Crippen LogP contribution is -2.14. The fraction of sp³-hybridized carbons (Fsp3) is 0.600. The molecule has 1 rings (SSSR count). The van der Waals surface area contributed by atoms with Gasteiger partial charge in [-0.05, 0) is 27.7 Å². The lowest BCUT2D eigenvalue weighted by Gasteiger charge is -2.10. The normalized spacial score (nSPS) is 12.6. The highest BCUT2D eigenvalue weighted by Gasteiger charge is 2.21. The van der Waals surface area contributed by atoms with E-state index in [0.717, 1.165) is 17.0 Å². The number of carbonyl (C=O) groups is 1. The molecule has 1 aromatic heterocycles. The largest absolute Gasteiger partial charge is 0.466 e. The van der Waals surface area contributed by atoms with E-state index in [1.807, 2.05) is 20.8 Å².